The Labute approximate surface area is 198 Å². The van der Waals surface area contributed by atoms with E-state index in [-0.39, 0.29) is 5.91 Å². The molecule has 3 aromatic rings. The normalized spacial score (nSPS) is 11.0. The number of amides is 1. The molecule has 0 aliphatic rings. The Morgan fingerprint density at radius 3 is 2.12 bits per heavy atom. The van der Waals surface area contributed by atoms with Gasteiger partial charge in [0.1, 0.15) is 5.75 Å². The smallest absolute Gasteiger partial charge is 0.260 e. The molecule has 0 unspecified atom stereocenters. The van der Waals surface area contributed by atoms with E-state index < -0.39 is 0 Å². The van der Waals surface area contributed by atoms with Crippen LogP contribution in [0.3, 0.4) is 0 Å². The van der Waals surface area contributed by atoms with E-state index >= 15 is 0 Å². The maximum absolute atomic E-state index is 13.8. The van der Waals surface area contributed by atoms with E-state index in [0.29, 0.717) is 34.5 Å². The van der Waals surface area contributed by atoms with E-state index in [0.717, 1.165) is 35.6 Å². The van der Waals surface area contributed by atoms with Gasteiger partial charge in [-0.15, -0.1) is 0 Å². The van der Waals surface area contributed by atoms with Crippen LogP contribution in [0, 0.1) is 0 Å². The molecule has 0 aliphatic carbocycles. The van der Waals surface area contributed by atoms with Crippen LogP contribution in [-0.2, 0) is 0 Å². The first-order valence-electron chi connectivity index (χ1n) is 10.8. The van der Waals surface area contributed by atoms with Gasteiger partial charge in [0.05, 0.1) is 38.7 Å². The SMILES string of the molecule is CCN(CC)CCN(C(=O)c1cc(OC)c(OC)c(OC)c1)c1nc2ccc(OC)cc2s1. The number of rotatable bonds is 11. The summed E-state index contributed by atoms with van der Waals surface area (Å²) in [5.74, 6) is 1.87. The fourth-order valence-electron chi connectivity index (χ4n) is 3.56. The van der Waals surface area contributed by atoms with E-state index in [1.54, 1.807) is 24.1 Å². The van der Waals surface area contributed by atoms with Gasteiger partial charge < -0.3 is 23.8 Å². The molecule has 0 saturated heterocycles. The lowest BCUT2D eigenvalue weighted by Crippen LogP contribution is -2.38. The summed E-state index contributed by atoms with van der Waals surface area (Å²) in [5, 5.41) is 0.629. The van der Waals surface area contributed by atoms with Crippen molar-refractivity contribution in [1.82, 2.24) is 9.88 Å². The Kier molecular flexibility index (Phi) is 8.35. The predicted octanol–water partition coefficient (Wildman–Crippen LogP) is 4.32. The Morgan fingerprint density at radius 1 is 0.909 bits per heavy atom. The van der Waals surface area contributed by atoms with Gasteiger partial charge in [0, 0.05) is 18.7 Å². The first kappa shape index (κ1) is 24.6. The number of methoxy groups -OCH3 is 4. The molecule has 33 heavy (non-hydrogen) atoms. The lowest BCUT2D eigenvalue weighted by atomic mass is 10.1. The third kappa shape index (κ3) is 5.31. The molecule has 8 nitrogen and oxygen atoms in total. The summed E-state index contributed by atoms with van der Waals surface area (Å²) in [6.45, 7) is 7.24. The van der Waals surface area contributed by atoms with E-state index in [4.69, 9.17) is 23.9 Å². The van der Waals surface area contributed by atoms with Gasteiger partial charge in [-0.25, -0.2) is 4.98 Å². The lowest BCUT2D eigenvalue weighted by molar-refractivity contribution is 0.0983. The summed E-state index contributed by atoms with van der Waals surface area (Å²) in [6, 6.07) is 9.05. The molecule has 1 amide bonds. The summed E-state index contributed by atoms with van der Waals surface area (Å²) in [6.07, 6.45) is 0. The number of thiazole rings is 1. The van der Waals surface area contributed by atoms with Crippen LogP contribution in [0.2, 0.25) is 0 Å². The van der Waals surface area contributed by atoms with Crippen LogP contribution in [0.5, 0.6) is 23.0 Å². The molecule has 9 heteroatoms. The van der Waals surface area contributed by atoms with Crippen molar-refractivity contribution in [3.63, 3.8) is 0 Å². The van der Waals surface area contributed by atoms with Crippen molar-refractivity contribution in [3.05, 3.63) is 35.9 Å². The summed E-state index contributed by atoms with van der Waals surface area (Å²) in [7, 11) is 6.23. The summed E-state index contributed by atoms with van der Waals surface area (Å²) in [4.78, 5) is 22.5. The largest absolute Gasteiger partial charge is 0.497 e. The Bertz CT molecular complexity index is 1070. The molecule has 0 fully saturated rings. The highest BCUT2D eigenvalue weighted by Gasteiger charge is 2.25. The highest BCUT2D eigenvalue weighted by atomic mass is 32.1. The van der Waals surface area contributed by atoms with Gasteiger partial charge in [0.15, 0.2) is 16.6 Å². The van der Waals surface area contributed by atoms with Crippen molar-refractivity contribution in [2.24, 2.45) is 0 Å². The summed E-state index contributed by atoms with van der Waals surface area (Å²) < 4.78 is 22.6. The molecule has 0 saturated carbocycles. The quantitative estimate of drug-likeness (QED) is 0.411. The van der Waals surface area contributed by atoms with Gasteiger partial charge in [0.25, 0.3) is 5.91 Å². The van der Waals surface area contributed by atoms with Crippen LogP contribution in [0.25, 0.3) is 10.2 Å². The van der Waals surface area contributed by atoms with Crippen molar-refractivity contribution in [2.45, 2.75) is 13.8 Å². The molecule has 0 spiro atoms. The van der Waals surface area contributed by atoms with E-state index in [1.165, 1.54) is 32.7 Å². The van der Waals surface area contributed by atoms with Crippen LogP contribution in [0.15, 0.2) is 30.3 Å². The molecular formula is C24H31N3O5S. The zero-order valence-corrected chi connectivity index (χ0v) is 20.8. The molecule has 0 atom stereocenters. The third-order valence-corrected chi connectivity index (χ3v) is 6.55. The van der Waals surface area contributed by atoms with Crippen LogP contribution in [0.1, 0.15) is 24.2 Å². The average molecular weight is 474 g/mol. The molecule has 1 heterocycles. The zero-order chi connectivity index (χ0) is 24.0. The number of nitrogens with zero attached hydrogens (tertiary/aromatic N) is 3. The topological polar surface area (TPSA) is 73.4 Å². The number of anilines is 1. The second-order valence-electron chi connectivity index (χ2n) is 7.23. The Morgan fingerprint density at radius 2 is 1.58 bits per heavy atom. The van der Waals surface area contributed by atoms with Gasteiger partial charge in [0.2, 0.25) is 5.75 Å². The number of hydrogen-bond donors (Lipinski definition) is 0. The van der Waals surface area contributed by atoms with E-state index in [9.17, 15) is 4.79 Å². The Hall–Kier alpha value is -3.04. The zero-order valence-electron chi connectivity index (χ0n) is 20.0. The average Bonchev–Trinajstić information content (AvgIpc) is 3.28. The molecule has 178 valence electrons. The highest BCUT2D eigenvalue weighted by Crippen LogP contribution is 2.39. The first-order valence-corrected chi connectivity index (χ1v) is 11.6. The fourth-order valence-corrected chi connectivity index (χ4v) is 4.58. The summed E-state index contributed by atoms with van der Waals surface area (Å²) >= 11 is 1.46. The second-order valence-corrected chi connectivity index (χ2v) is 8.24. The molecule has 1 aromatic heterocycles. The molecule has 0 N–H and O–H groups in total. The van der Waals surface area contributed by atoms with E-state index in [2.05, 4.69) is 18.7 Å². The molecule has 3 rings (SSSR count). The van der Waals surface area contributed by atoms with Crippen molar-refractivity contribution < 1.29 is 23.7 Å². The molecule has 0 bridgehead atoms. The first-order chi connectivity index (χ1) is 16.0. The third-order valence-electron chi connectivity index (χ3n) is 5.51. The van der Waals surface area contributed by atoms with Crippen LogP contribution < -0.4 is 23.8 Å². The number of benzene rings is 2. The van der Waals surface area contributed by atoms with Crippen molar-refractivity contribution >= 4 is 32.6 Å². The number of ether oxygens (including phenoxy) is 4. The highest BCUT2D eigenvalue weighted by molar-refractivity contribution is 7.22. The number of likely N-dealkylation sites (N-methyl/N-ethyl adjacent to an activating group) is 1. The van der Waals surface area contributed by atoms with Gasteiger partial charge in [-0.1, -0.05) is 25.2 Å². The monoisotopic (exact) mass is 473 g/mol. The van der Waals surface area contributed by atoms with Crippen LogP contribution in [-0.4, -0.2) is 70.4 Å². The van der Waals surface area contributed by atoms with Gasteiger partial charge in [-0.2, -0.15) is 0 Å². The predicted molar refractivity (Wildman–Crippen MR) is 132 cm³/mol. The van der Waals surface area contributed by atoms with Crippen molar-refractivity contribution in [1.29, 1.82) is 0 Å². The van der Waals surface area contributed by atoms with Gasteiger partial charge in [-0.05, 0) is 43.4 Å². The number of hydrogen-bond acceptors (Lipinski definition) is 8. The maximum Gasteiger partial charge on any atom is 0.260 e. The Balaban J connectivity index is 2.05. The lowest BCUT2D eigenvalue weighted by Gasteiger charge is -2.25. The maximum atomic E-state index is 13.8. The number of aromatic nitrogens is 1. The minimum Gasteiger partial charge on any atom is -0.497 e. The van der Waals surface area contributed by atoms with Crippen molar-refractivity contribution in [2.75, 3.05) is 59.5 Å². The number of carbonyl (C=O) groups is 1. The van der Waals surface area contributed by atoms with Crippen molar-refractivity contribution in [3.8, 4) is 23.0 Å². The minimum atomic E-state index is -0.188. The van der Waals surface area contributed by atoms with Gasteiger partial charge >= 0.3 is 0 Å². The molecule has 0 radical (unpaired) electrons. The fraction of sp³-hybridized carbons (Fsp3) is 0.417. The van der Waals surface area contributed by atoms with E-state index in [1.807, 2.05) is 18.2 Å². The van der Waals surface area contributed by atoms with Crippen LogP contribution >= 0.6 is 11.3 Å². The standard InChI is InChI=1S/C24H31N3O5S/c1-7-26(8-2)11-12-27(24-25-18-10-9-17(29-3)15-21(18)33-24)23(28)16-13-19(30-4)22(32-6)20(14-16)31-5/h9-10,13-15H,7-8,11-12H2,1-6H3. The van der Waals surface area contributed by atoms with Gasteiger partial charge in [-0.3, -0.25) is 9.69 Å². The van der Waals surface area contributed by atoms with Crippen LogP contribution in [0.4, 0.5) is 5.13 Å². The summed E-state index contributed by atoms with van der Waals surface area (Å²) in [5.41, 5.74) is 1.25. The molecule has 2 aromatic carbocycles. The molecule has 0 aliphatic heterocycles. The molecular weight excluding hydrogens is 442 g/mol. The minimum absolute atomic E-state index is 0.188. The number of fused-ring (bicyclic) bond motifs is 1. The number of carbonyl (C=O) groups excluding carboxylic acids is 1. The second kappa shape index (κ2) is 11.2.